The molecule has 0 saturated heterocycles. The van der Waals surface area contributed by atoms with Crippen LogP contribution in [0.25, 0.3) is 23.0 Å². The van der Waals surface area contributed by atoms with Crippen molar-refractivity contribution in [3.8, 4) is 34.7 Å². The normalized spacial score (nSPS) is 10.9. The first kappa shape index (κ1) is 17.1. The van der Waals surface area contributed by atoms with Crippen molar-refractivity contribution in [1.29, 1.82) is 0 Å². The van der Waals surface area contributed by atoms with E-state index in [0.717, 1.165) is 11.1 Å². The molecule has 0 N–H and O–H groups in total. The Morgan fingerprint density at radius 2 is 1.74 bits per heavy atom. The molecule has 27 heavy (non-hydrogen) atoms. The molecule has 2 aromatic carbocycles. The molecule has 2 heterocycles. The molecule has 136 valence electrons. The lowest BCUT2D eigenvalue weighted by Gasteiger charge is -2.01. The van der Waals surface area contributed by atoms with E-state index < -0.39 is 0 Å². The molecule has 4 aromatic rings. The van der Waals surface area contributed by atoms with Gasteiger partial charge in [-0.2, -0.15) is 4.98 Å². The highest BCUT2D eigenvalue weighted by molar-refractivity contribution is 5.58. The zero-order valence-electron chi connectivity index (χ0n) is 14.8. The van der Waals surface area contributed by atoms with E-state index in [1.807, 2.05) is 61.5 Å². The van der Waals surface area contributed by atoms with Gasteiger partial charge in [0.05, 0.1) is 6.61 Å². The molecule has 4 rings (SSSR count). The third-order valence-corrected chi connectivity index (χ3v) is 3.86. The van der Waals surface area contributed by atoms with Crippen LogP contribution in [0.5, 0.6) is 11.7 Å². The molecule has 6 heteroatoms. The molecule has 0 spiro atoms. The topological polar surface area (TPSA) is 70.5 Å². The van der Waals surface area contributed by atoms with Crippen molar-refractivity contribution in [3.05, 3.63) is 72.3 Å². The Balaban J connectivity index is 1.48. The van der Waals surface area contributed by atoms with Crippen LogP contribution >= 0.6 is 0 Å². The van der Waals surface area contributed by atoms with Crippen LogP contribution in [0.3, 0.4) is 0 Å². The van der Waals surface area contributed by atoms with Gasteiger partial charge >= 0.3 is 0 Å². The van der Waals surface area contributed by atoms with E-state index in [-0.39, 0.29) is 0 Å². The van der Waals surface area contributed by atoms with E-state index in [1.165, 1.54) is 0 Å². The molecule has 0 atom stereocenters. The van der Waals surface area contributed by atoms with Gasteiger partial charge in [-0.05, 0) is 30.7 Å². The molecule has 0 unspecified atom stereocenters. The van der Waals surface area contributed by atoms with Crippen LogP contribution in [0, 0.1) is 0 Å². The average Bonchev–Trinajstić information content (AvgIpc) is 3.37. The maximum Gasteiger partial charge on any atom is 0.294 e. The summed E-state index contributed by atoms with van der Waals surface area (Å²) in [5.74, 6) is 2.29. The minimum Gasteiger partial charge on any atom is -0.426 e. The number of rotatable bonds is 7. The number of aromatic nitrogens is 2. The fourth-order valence-corrected chi connectivity index (χ4v) is 2.51. The standard InChI is InChI=1S/C21H18N2O4/c1-2-24-14-15-8-10-16(11-9-15)20-22-21(27-23-20)18-12-13-19(26-18)25-17-6-4-3-5-7-17/h3-13H,2,14H2,1H3. The second-order valence-corrected chi connectivity index (χ2v) is 5.79. The van der Waals surface area contributed by atoms with Crippen LogP contribution < -0.4 is 4.74 Å². The van der Waals surface area contributed by atoms with Crippen LogP contribution in [-0.4, -0.2) is 16.7 Å². The fraction of sp³-hybridized carbons (Fsp3) is 0.143. The molecular weight excluding hydrogens is 344 g/mol. The molecular formula is C21H18N2O4. The van der Waals surface area contributed by atoms with Gasteiger partial charge in [0.2, 0.25) is 5.82 Å². The van der Waals surface area contributed by atoms with Crippen molar-refractivity contribution in [2.45, 2.75) is 13.5 Å². The Kier molecular flexibility index (Phi) is 4.98. The Morgan fingerprint density at radius 1 is 0.926 bits per heavy atom. The molecule has 2 aromatic heterocycles. The van der Waals surface area contributed by atoms with Gasteiger partial charge in [0.15, 0.2) is 5.76 Å². The lowest BCUT2D eigenvalue weighted by Crippen LogP contribution is -1.91. The first-order valence-electron chi connectivity index (χ1n) is 8.65. The van der Waals surface area contributed by atoms with Gasteiger partial charge in [0.25, 0.3) is 11.8 Å². The maximum absolute atomic E-state index is 5.65. The van der Waals surface area contributed by atoms with Gasteiger partial charge < -0.3 is 18.4 Å². The number of furan rings is 1. The predicted molar refractivity (Wildman–Crippen MR) is 99.3 cm³/mol. The zero-order chi connectivity index (χ0) is 18.5. The monoisotopic (exact) mass is 362 g/mol. The Labute approximate surface area is 156 Å². The summed E-state index contributed by atoms with van der Waals surface area (Å²) in [6, 6.07) is 20.7. The SMILES string of the molecule is CCOCc1ccc(-c2noc(-c3ccc(Oc4ccccc4)o3)n2)cc1. The molecule has 0 amide bonds. The second-order valence-electron chi connectivity index (χ2n) is 5.79. The minimum absolute atomic E-state index is 0.298. The average molecular weight is 362 g/mol. The van der Waals surface area contributed by atoms with Crippen molar-refractivity contribution in [3.63, 3.8) is 0 Å². The van der Waals surface area contributed by atoms with Crippen molar-refractivity contribution in [2.24, 2.45) is 0 Å². The molecule has 6 nitrogen and oxygen atoms in total. The molecule has 0 radical (unpaired) electrons. The summed E-state index contributed by atoms with van der Waals surface area (Å²) in [5, 5.41) is 4.03. The quantitative estimate of drug-likeness (QED) is 0.443. The van der Waals surface area contributed by atoms with Gasteiger partial charge in [-0.15, -0.1) is 0 Å². The number of benzene rings is 2. The van der Waals surface area contributed by atoms with E-state index in [4.69, 9.17) is 18.4 Å². The Bertz CT molecular complexity index is 990. The van der Waals surface area contributed by atoms with Crippen LogP contribution in [0.15, 0.2) is 75.7 Å². The lowest BCUT2D eigenvalue weighted by atomic mass is 10.1. The van der Waals surface area contributed by atoms with Crippen molar-refractivity contribution >= 4 is 0 Å². The van der Waals surface area contributed by atoms with Gasteiger partial charge in [0, 0.05) is 18.2 Å². The number of hydrogen-bond acceptors (Lipinski definition) is 6. The molecule has 0 saturated carbocycles. The summed E-state index contributed by atoms with van der Waals surface area (Å²) in [6.07, 6.45) is 0. The second kappa shape index (κ2) is 7.88. The predicted octanol–water partition coefficient (Wildman–Crippen LogP) is 5.33. The summed E-state index contributed by atoms with van der Waals surface area (Å²) in [7, 11) is 0. The minimum atomic E-state index is 0.298. The summed E-state index contributed by atoms with van der Waals surface area (Å²) < 4.78 is 22.0. The van der Waals surface area contributed by atoms with Crippen LogP contribution in [-0.2, 0) is 11.3 Å². The van der Waals surface area contributed by atoms with E-state index >= 15 is 0 Å². The van der Waals surface area contributed by atoms with E-state index in [1.54, 1.807) is 12.1 Å². The lowest BCUT2D eigenvalue weighted by molar-refractivity contribution is 0.134. The molecule has 0 aliphatic rings. The van der Waals surface area contributed by atoms with Crippen molar-refractivity contribution < 1.29 is 18.4 Å². The van der Waals surface area contributed by atoms with Crippen LogP contribution in [0.4, 0.5) is 0 Å². The van der Waals surface area contributed by atoms with E-state index in [0.29, 0.717) is 42.4 Å². The summed E-state index contributed by atoms with van der Waals surface area (Å²) in [6.45, 7) is 3.25. The maximum atomic E-state index is 5.65. The molecule has 0 bridgehead atoms. The number of hydrogen-bond donors (Lipinski definition) is 0. The fourth-order valence-electron chi connectivity index (χ4n) is 2.51. The van der Waals surface area contributed by atoms with Crippen LogP contribution in [0.2, 0.25) is 0 Å². The third-order valence-electron chi connectivity index (χ3n) is 3.86. The van der Waals surface area contributed by atoms with E-state index in [2.05, 4.69) is 10.1 Å². The highest BCUT2D eigenvalue weighted by Gasteiger charge is 2.15. The molecule has 0 aliphatic heterocycles. The number of para-hydroxylation sites is 1. The Morgan fingerprint density at radius 3 is 2.52 bits per heavy atom. The van der Waals surface area contributed by atoms with Crippen molar-refractivity contribution in [2.75, 3.05) is 6.61 Å². The highest BCUT2D eigenvalue weighted by atomic mass is 16.6. The van der Waals surface area contributed by atoms with Gasteiger partial charge in [-0.3, -0.25) is 0 Å². The summed E-state index contributed by atoms with van der Waals surface area (Å²) in [4.78, 5) is 4.40. The third kappa shape index (κ3) is 4.07. The smallest absolute Gasteiger partial charge is 0.294 e. The van der Waals surface area contributed by atoms with Gasteiger partial charge in [-0.1, -0.05) is 47.6 Å². The summed E-state index contributed by atoms with van der Waals surface area (Å²) >= 11 is 0. The van der Waals surface area contributed by atoms with E-state index in [9.17, 15) is 0 Å². The largest absolute Gasteiger partial charge is 0.426 e. The first-order chi connectivity index (χ1) is 13.3. The van der Waals surface area contributed by atoms with Gasteiger partial charge in [0.1, 0.15) is 5.75 Å². The molecule has 0 fully saturated rings. The summed E-state index contributed by atoms with van der Waals surface area (Å²) in [5.41, 5.74) is 1.95. The highest BCUT2D eigenvalue weighted by Crippen LogP contribution is 2.29. The van der Waals surface area contributed by atoms with Gasteiger partial charge in [-0.25, -0.2) is 0 Å². The molecule has 0 aliphatic carbocycles. The first-order valence-corrected chi connectivity index (χ1v) is 8.65. The van der Waals surface area contributed by atoms with Crippen molar-refractivity contribution in [1.82, 2.24) is 10.1 Å². The number of nitrogens with zero attached hydrogens (tertiary/aromatic N) is 2. The Hall–Kier alpha value is -3.38. The number of ether oxygens (including phenoxy) is 2. The van der Waals surface area contributed by atoms with Crippen LogP contribution in [0.1, 0.15) is 12.5 Å². The zero-order valence-corrected chi connectivity index (χ0v) is 14.8.